The first-order chi connectivity index (χ1) is 8.31. The Morgan fingerprint density at radius 3 is 2.94 bits per heavy atom. The lowest BCUT2D eigenvalue weighted by atomic mass is 10.0. The van der Waals surface area contributed by atoms with Crippen LogP contribution < -0.4 is 5.32 Å². The molecular weight excluding hydrogens is 216 g/mol. The third kappa shape index (κ3) is 3.35. The Morgan fingerprint density at radius 1 is 1.35 bits per heavy atom. The number of nitrogens with one attached hydrogen (secondary N) is 1. The summed E-state index contributed by atoms with van der Waals surface area (Å²) >= 11 is 0. The highest BCUT2D eigenvalue weighted by Gasteiger charge is 2.26. The molecule has 4 heteroatoms. The second-order valence-electron chi connectivity index (χ2n) is 5.07. The first kappa shape index (κ1) is 12.7. The van der Waals surface area contributed by atoms with Gasteiger partial charge in [-0.3, -0.25) is 0 Å². The monoisotopic (exact) mass is 240 g/mol. The largest absolute Gasteiger partial charge is 0.376 e. The Labute approximate surface area is 104 Å². The Hall–Kier alpha value is -0.770. The van der Waals surface area contributed by atoms with Gasteiger partial charge in [-0.15, -0.1) is 0 Å². The van der Waals surface area contributed by atoms with Gasteiger partial charge in [0.2, 0.25) is 0 Å². The van der Waals surface area contributed by atoms with Crippen molar-refractivity contribution in [3.8, 4) is 0 Å². The number of carbonyl (C=O) groups excluding carboxylic acids is 1. The van der Waals surface area contributed by atoms with Gasteiger partial charge >= 0.3 is 6.03 Å². The Kier molecular flexibility index (Phi) is 4.66. The number of urea groups is 1. The van der Waals surface area contributed by atoms with Crippen molar-refractivity contribution in [2.45, 2.75) is 57.6 Å². The van der Waals surface area contributed by atoms with Gasteiger partial charge in [-0.05, 0) is 38.5 Å². The zero-order chi connectivity index (χ0) is 12.1. The molecule has 98 valence electrons. The molecule has 1 N–H and O–H groups in total. The molecule has 0 spiro atoms. The molecule has 2 fully saturated rings. The lowest BCUT2D eigenvalue weighted by Gasteiger charge is -2.35. The number of carbonyl (C=O) groups is 1. The van der Waals surface area contributed by atoms with Crippen molar-refractivity contribution in [3.05, 3.63) is 0 Å². The summed E-state index contributed by atoms with van der Waals surface area (Å²) in [5.41, 5.74) is 0. The number of hydrogen-bond acceptors (Lipinski definition) is 2. The van der Waals surface area contributed by atoms with Gasteiger partial charge in [0.1, 0.15) is 0 Å². The van der Waals surface area contributed by atoms with Crippen LogP contribution in [0.2, 0.25) is 0 Å². The van der Waals surface area contributed by atoms with Crippen molar-refractivity contribution in [1.82, 2.24) is 10.2 Å². The van der Waals surface area contributed by atoms with Crippen molar-refractivity contribution < 1.29 is 9.53 Å². The highest BCUT2D eigenvalue weighted by Crippen LogP contribution is 2.19. The molecule has 2 amide bonds. The van der Waals surface area contributed by atoms with E-state index in [1.54, 1.807) is 0 Å². The number of hydrogen-bond donors (Lipinski definition) is 1. The molecule has 4 nitrogen and oxygen atoms in total. The predicted molar refractivity (Wildman–Crippen MR) is 67.0 cm³/mol. The van der Waals surface area contributed by atoms with Crippen molar-refractivity contribution in [3.63, 3.8) is 0 Å². The SMILES string of the molecule is CCC1CCCCN1C(=O)NCC1CCCO1. The van der Waals surface area contributed by atoms with Gasteiger partial charge in [0.05, 0.1) is 6.10 Å². The summed E-state index contributed by atoms with van der Waals surface area (Å²) in [6.07, 6.45) is 7.07. The minimum absolute atomic E-state index is 0.104. The number of piperidine rings is 1. The third-order valence-electron chi connectivity index (χ3n) is 3.86. The third-order valence-corrected chi connectivity index (χ3v) is 3.86. The predicted octanol–water partition coefficient (Wildman–Crippen LogP) is 2.14. The van der Waals surface area contributed by atoms with Gasteiger partial charge < -0.3 is 15.0 Å². The van der Waals surface area contributed by atoms with E-state index in [9.17, 15) is 4.79 Å². The lowest BCUT2D eigenvalue weighted by molar-refractivity contribution is 0.104. The van der Waals surface area contributed by atoms with Crippen LogP contribution in [0.1, 0.15) is 45.4 Å². The first-order valence-electron chi connectivity index (χ1n) is 6.97. The molecule has 0 aromatic carbocycles. The summed E-state index contributed by atoms with van der Waals surface area (Å²) in [7, 11) is 0. The van der Waals surface area contributed by atoms with Crippen LogP contribution in [-0.4, -0.2) is 42.8 Å². The Morgan fingerprint density at radius 2 is 2.24 bits per heavy atom. The van der Waals surface area contributed by atoms with Gasteiger partial charge in [-0.2, -0.15) is 0 Å². The van der Waals surface area contributed by atoms with Crippen LogP contribution in [0.15, 0.2) is 0 Å². The fourth-order valence-electron chi connectivity index (χ4n) is 2.80. The van der Waals surface area contributed by atoms with Crippen molar-refractivity contribution in [2.24, 2.45) is 0 Å². The van der Waals surface area contributed by atoms with Crippen LogP contribution in [0.3, 0.4) is 0 Å². The summed E-state index contributed by atoms with van der Waals surface area (Å²) in [5.74, 6) is 0. The molecule has 0 bridgehead atoms. The first-order valence-corrected chi connectivity index (χ1v) is 6.97. The van der Waals surface area contributed by atoms with E-state index in [1.165, 1.54) is 6.42 Å². The van der Waals surface area contributed by atoms with Crippen molar-refractivity contribution in [2.75, 3.05) is 19.7 Å². The molecule has 2 unspecified atom stereocenters. The molecule has 0 aromatic rings. The van der Waals surface area contributed by atoms with E-state index in [-0.39, 0.29) is 12.1 Å². The van der Waals surface area contributed by atoms with E-state index in [0.717, 1.165) is 45.3 Å². The number of likely N-dealkylation sites (tertiary alicyclic amines) is 1. The second kappa shape index (κ2) is 6.24. The average Bonchev–Trinajstić information content (AvgIpc) is 2.89. The fraction of sp³-hybridized carbons (Fsp3) is 0.923. The van der Waals surface area contributed by atoms with Gasteiger partial charge in [-0.1, -0.05) is 6.92 Å². The van der Waals surface area contributed by atoms with Gasteiger partial charge in [0.25, 0.3) is 0 Å². The van der Waals surface area contributed by atoms with Crippen molar-refractivity contribution in [1.29, 1.82) is 0 Å². The lowest BCUT2D eigenvalue weighted by Crippen LogP contribution is -2.49. The smallest absolute Gasteiger partial charge is 0.317 e. The maximum Gasteiger partial charge on any atom is 0.317 e. The highest BCUT2D eigenvalue weighted by atomic mass is 16.5. The van der Waals surface area contributed by atoms with E-state index in [4.69, 9.17) is 4.74 Å². The second-order valence-corrected chi connectivity index (χ2v) is 5.07. The van der Waals surface area contributed by atoms with Gasteiger partial charge in [-0.25, -0.2) is 4.79 Å². The normalized spacial score (nSPS) is 29.4. The van der Waals surface area contributed by atoms with Gasteiger partial charge in [0.15, 0.2) is 0 Å². The highest BCUT2D eigenvalue weighted by molar-refractivity contribution is 5.74. The number of nitrogens with zero attached hydrogens (tertiary/aromatic N) is 1. The average molecular weight is 240 g/mol. The fourth-order valence-corrected chi connectivity index (χ4v) is 2.80. The molecule has 0 aliphatic carbocycles. The maximum absolute atomic E-state index is 12.1. The van der Waals surface area contributed by atoms with E-state index in [1.807, 2.05) is 4.90 Å². The minimum atomic E-state index is 0.104. The summed E-state index contributed by atoms with van der Waals surface area (Å²) in [5, 5.41) is 3.02. The van der Waals surface area contributed by atoms with E-state index >= 15 is 0 Å². The van der Waals surface area contributed by atoms with Crippen LogP contribution in [0.5, 0.6) is 0 Å². The minimum Gasteiger partial charge on any atom is -0.376 e. The summed E-state index contributed by atoms with van der Waals surface area (Å²) < 4.78 is 5.51. The summed E-state index contributed by atoms with van der Waals surface area (Å²) in [4.78, 5) is 14.1. The molecule has 0 aromatic heterocycles. The zero-order valence-corrected chi connectivity index (χ0v) is 10.8. The summed E-state index contributed by atoms with van der Waals surface area (Å²) in [6.45, 7) is 4.60. The number of rotatable bonds is 3. The van der Waals surface area contributed by atoms with Crippen molar-refractivity contribution >= 4 is 6.03 Å². The molecule has 0 radical (unpaired) electrons. The van der Waals surface area contributed by atoms with Crippen LogP contribution in [0.4, 0.5) is 4.79 Å². The number of amides is 2. The molecule has 0 saturated carbocycles. The molecule has 2 heterocycles. The van der Waals surface area contributed by atoms with E-state index in [2.05, 4.69) is 12.2 Å². The molecular formula is C13H24N2O2. The zero-order valence-electron chi connectivity index (χ0n) is 10.8. The molecule has 2 saturated heterocycles. The Balaban J connectivity index is 1.76. The van der Waals surface area contributed by atoms with Crippen LogP contribution in [0, 0.1) is 0 Å². The van der Waals surface area contributed by atoms with Crippen LogP contribution in [-0.2, 0) is 4.74 Å². The maximum atomic E-state index is 12.1. The van der Waals surface area contributed by atoms with E-state index in [0.29, 0.717) is 12.6 Å². The quantitative estimate of drug-likeness (QED) is 0.821. The molecule has 2 rings (SSSR count). The molecule has 2 atom stereocenters. The molecule has 2 aliphatic rings. The van der Waals surface area contributed by atoms with E-state index < -0.39 is 0 Å². The van der Waals surface area contributed by atoms with Gasteiger partial charge in [0, 0.05) is 25.7 Å². The van der Waals surface area contributed by atoms with Crippen LogP contribution in [0.25, 0.3) is 0 Å². The van der Waals surface area contributed by atoms with Crippen LogP contribution >= 0.6 is 0 Å². The molecule has 2 aliphatic heterocycles. The standard InChI is InChI=1S/C13H24N2O2/c1-2-11-6-3-4-8-15(11)13(16)14-10-12-7-5-9-17-12/h11-12H,2-10H2,1H3,(H,14,16). The molecule has 17 heavy (non-hydrogen) atoms. The topological polar surface area (TPSA) is 41.6 Å². The summed E-state index contributed by atoms with van der Waals surface area (Å²) in [6, 6.07) is 0.542. The number of ether oxygens (including phenoxy) is 1. The Bertz CT molecular complexity index is 252.